The molecule has 2 N–H and O–H groups in total. The third kappa shape index (κ3) is 11.2. The van der Waals surface area contributed by atoms with Crippen molar-refractivity contribution in [3.8, 4) is 0 Å². The first-order chi connectivity index (χ1) is 16.7. The standard InChI is InChI=1S/C25H37N3O7S/c1-25(2,3)34-24(32)27-21(12-11-20(29)17-36(4,5)33)22(30)26-19-13-15-28(16-14-19)35-23(31)18-9-7-6-8-10-18/h6-10,17,19,21H,11-16H2,1-5H3,(H,26,30)(H,27,32)/t21-/m0/s1. The van der Waals surface area contributed by atoms with Crippen LogP contribution in [0.3, 0.4) is 0 Å². The van der Waals surface area contributed by atoms with Gasteiger partial charge in [-0.05, 0) is 61.7 Å². The molecule has 1 aromatic rings. The highest BCUT2D eigenvalue weighted by molar-refractivity contribution is 8.01. The van der Waals surface area contributed by atoms with Crippen LogP contribution in [0.1, 0.15) is 56.8 Å². The lowest BCUT2D eigenvalue weighted by molar-refractivity contribution is -0.131. The topological polar surface area (TPSA) is 131 Å². The number of hydroxylamine groups is 2. The van der Waals surface area contributed by atoms with E-state index >= 15 is 0 Å². The second-order valence-electron chi connectivity index (χ2n) is 10.1. The molecule has 36 heavy (non-hydrogen) atoms. The average molecular weight is 524 g/mol. The van der Waals surface area contributed by atoms with E-state index in [4.69, 9.17) is 9.57 Å². The lowest BCUT2D eigenvalue weighted by Crippen LogP contribution is -2.53. The zero-order valence-corrected chi connectivity index (χ0v) is 22.4. The van der Waals surface area contributed by atoms with Crippen LogP contribution in [0.4, 0.5) is 4.79 Å². The van der Waals surface area contributed by atoms with Gasteiger partial charge in [0.2, 0.25) is 5.91 Å². The van der Waals surface area contributed by atoms with Crippen molar-refractivity contribution in [1.82, 2.24) is 15.7 Å². The van der Waals surface area contributed by atoms with E-state index in [-0.39, 0.29) is 24.7 Å². The van der Waals surface area contributed by atoms with Crippen molar-refractivity contribution >= 4 is 38.6 Å². The van der Waals surface area contributed by atoms with Crippen molar-refractivity contribution in [2.75, 3.05) is 25.6 Å². The van der Waals surface area contributed by atoms with E-state index in [2.05, 4.69) is 10.6 Å². The number of alkyl carbamates (subject to hydrolysis) is 1. The quantitative estimate of drug-likeness (QED) is 0.470. The number of ether oxygens (including phenoxy) is 1. The summed E-state index contributed by atoms with van der Waals surface area (Å²) < 4.78 is 17.1. The maximum Gasteiger partial charge on any atom is 0.408 e. The molecule has 0 saturated carbocycles. The highest BCUT2D eigenvalue weighted by Crippen LogP contribution is 2.14. The molecule has 0 bridgehead atoms. The van der Waals surface area contributed by atoms with Gasteiger partial charge < -0.3 is 20.2 Å². The molecular weight excluding hydrogens is 486 g/mol. The van der Waals surface area contributed by atoms with E-state index in [1.807, 2.05) is 6.07 Å². The fourth-order valence-corrected chi connectivity index (χ4v) is 4.27. The van der Waals surface area contributed by atoms with Crippen molar-refractivity contribution < 1.29 is 33.0 Å². The molecule has 1 aliphatic rings. The Bertz CT molecular complexity index is 1040. The third-order valence-corrected chi connectivity index (χ3v) is 5.95. The first-order valence-electron chi connectivity index (χ1n) is 11.9. The summed E-state index contributed by atoms with van der Waals surface area (Å²) in [7, 11) is -2.37. The van der Waals surface area contributed by atoms with Crippen LogP contribution in [-0.4, -0.2) is 81.7 Å². The Morgan fingerprint density at radius 2 is 1.72 bits per heavy atom. The summed E-state index contributed by atoms with van der Waals surface area (Å²) in [6.07, 6.45) is 3.19. The second-order valence-corrected chi connectivity index (χ2v) is 12.9. The van der Waals surface area contributed by atoms with Crippen molar-refractivity contribution in [2.24, 2.45) is 0 Å². The molecule has 0 unspecified atom stereocenters. The van der Waals surface area contributed by atoms with Gasteiger partial charge in [0.1, 0.15) is 11.6 Å². The van der Waals surface area contributed by atoms with Gasteiger partial charge in [0.05, 0.1) is 5.56 Å². The molecule has 2 amide bonds. The van der Waals surface area contributed by atoms with Gasteiger partial charge in [0, 0.05) is 43.4 Å². The van der Waals surface area contributed by atoms with Crippen LogP contribution in [0.5, 0.6) is 0 Å². The normalized spacial score (nSPS) is 15.9. The Morgan fingerprint density at radius 3 is 2.28 bits per heavy atom. The second kappa shape index (κ2) is 12.9. The van der Waals surface area contributed by atoms with Crippen LogP contribution < -0.4 is 10.6 Å². The fraction of sp³-hybridized carbons (Fsp3) is 0.560. The molecule has 1 aromatic carbocycles. The summed E-state index contributed by atoms with van der Waals surface area (Å²) in [6.45, 7) is 5.98. The van der Waals surface area contributed by atoms with Crippen LogP contribution in [-0.2, 0) is 28.7 Å². The van der Waals surface area contributed by atoms with E-state index < -0.39 is 39.1 Å². The van der Waals surface area contributed by atoms with Gasteiger partial charge >= 0.3 is 12.1 Å². The number of nitrogens with zero attached hydrogens (tertiary/aromatic N) is 1. The number of ketones is 1. The summed E-state index contributed by atoms with van der Waals surface area (Å²) in [5, 5.41) is 8.17. The lowest BCUT2D eigenvalue weighted by Gasteiger charge is -2.32. The Hall–Kier alpha value is -2.92. The van der Waals surface area contributed by atoms with E-state index in [1.54, 1.807) is 50.1 Å². The maximum atomic E-state index is 13.0. The largest absolute Gasteiger partial charge is 0.444 e. The molecule has 0 aliphatic carbocycles. The van der Waals surface area contributed by atoms with Crippen molar-refractivity contribution in [3.63, 3.8) is 0 Å². The van der Waals surface area contributed by atoms with E-state index in [0.717, 1.165) is 5.37 Å². The molecule has 200 valence electrons. The maximum absolute atomic E-state index is 13.0. The molecule has 2 rings (SSSR count). The number of amides is 2. The third-order valence-electron chi connectivity index (χ3n) is 5.12. The van der Waals surface area contributed by atoms with Crippen molar-refractivity contribution in [2.45, 2.75) is 64.1 Å². The van der Waals surface area contributed by atoms with Gasteiger partial charge in [-0.15, -0.1) is 5.06 Å². The van der Waals surface area contributed by atoms with Crippen LogP contribution in [0, 0.1) is 0 Å². The van der Waals surface area contributed by atoms with Crippen LogP contribution in [0.2, 0.25) is 0 Å². The van der Waals surface area contributed by atoms with Gasteiger partial charge in [-0.1, -0.05) is 18.2 Å². The van der Waals surface area contributed by atoms with Crippen LogP contribution in [0.15, 0.2) is 30.3 Å². The molecule has 0 aromatic heterocycles. The number of benzene rings is 1. The Kier molecular flexibility index (Phi) is 10.5. The smallest absolute Gasteiger partial charge is 0.408 e. The van der Waals surface area contributed by atoms with Gasteiger partial charge in [0.15, 0.2) is 5.78 Å². The number of hydrogen-bond donors (Lipinski definition) is 2. The van der Waals surface area contributed by atoms with Crippen LogP contribution in [0.25, 0.3) is 0 Å². The average Bonchev–Trinajstić information content (AvgIpc) is 2.76. The van der Waals surface area contributed by atoms with Crippen molar-refractivity contribution in [1.29, 1.82) is 0 Å². The highest BCUT2D eigenvalue weighted by Gasteiger charge is 2.29. The molecule has 1 aliphatic heterocycles. The number of carbonyl (C=O) groups excluding carboxylic acids is 4. The summed E-state index contributed by atoms with van der Waals surface area (Å²) in [5.74, 6) is -1.24. The number of rotatable bonds is 9. The number of carbonyl (C=O) groups is 4. The Balaban J connectivity index is 1.93. The van der Waals surface area contributed by atoms with Gasteiger partial charge in [-0.2, -0.15) is 0 Å². The Labute approximate surface area is 213 Å². The van der Waals surface area contributed by atoms with Gasteiger partial charge in [0.25, 0.3) is 0 Å². The first-order valence-corrected chi connectivity index (χ1v) is 14.3. The molecular formula is C25H37N3O7S. The zero-order valence-electron chi connectivity index (χ0n) is 21.6. The number of piperidine rings is 1. The first kappa shape index (κ1) is 29.3. The fourth-order valence-electron chi connectivity index (χ4n) is 3.52. The molecule has 1 heterocycles. The van der Waals surface area contributed by atoms with E-state index in [0.29, 0.717) is 31.5 Å². The minimum Gasteiger partial charge on any atom is -0.444 e. The summed E-state index contributed by atoms with van der Waals surface area (Å²) in [4.78, 5) is 55.1. The number of nitrogens with one attached hydrogen (secondary N) is 2. The summed E-state index contributed by atoms with van der Waals surface area (Å²) >= 11 is 0. The highest BCUT2D eigenvalue weighted by atomic mass is 32.2. The lowest BCUT2D eigenvalue weighted by atomic mass is 10.0. The minimum absolute atomic E-state index is 0.0312. The van der Waals surface area contributed by atoms with Crippen LogP contribution >= 0.6 is 0 Å². The van der Waals surface area contributed by atoms with E-state index in [1.165, 1.54) is 12.5 Å². The molecule has 0 spiro atoms. The minimum atomic E-state index is -2.37. The SMILES string of the molecule is CC(C)(C)OC(=O)N[C@@H](CCC(=O)C=S(C)(C)=O)C(=O)NC1CCN(OC(=O)c2ccccc2)CC1. The predicted molar refractivity (Wildman–Crippen MR) is 138 cm³/mol. The Morgan fingerprint density at radius 1 is 1.11 bits per heavy atom. The monoisotopic (exact) mass is 523 g/mol. The molecule has 1 saturated heterocycles. The molecule has 1 fully saturated rings. The van der Waals surface area contributed by atoms with Crippen molar-refractivity contribution in [3.05, 3.63) is 35.9 Å². The molecule has 10 nitrogen and oxygen atoms in total. The van der Waals surface area contributed by atoms with E-state index in [9.17, 15) is 23.4 Å². The molecule has 11 heteroatoms. The van der Waals surface area contributed by atoms with Gasteiger partial charge in [-0.3, -0.25) is 13.8 Å². The summed E-state index contributed by atoms with van der Waals surface area (Å²) in [6, 6.07) is 7.48. The predicted octanol–water partition coefficient (Wildman–Crippen LogP) is 1.93. The number of Topliss-reactive ketones (excluding diaryl/α,β-unsaturated/α-hetero) is 1. The molecule has 0 radical (unpaired) electrons. The zero-order chi connectivity index (χ0) is 26.9. The number of hydrogen-bond acceptors (Lipinski definition) is 8. The van der Waals surface area contributed by atoms with Gasteiger partial charge in [-0.25, -0.2) is 9.59 Å². The summed E-state index contributed by atoms with van der Waals surface area (Å²) in [5.41, 5.74) is -0.299. The molecule has 1 atom stereocenters.